The van der Waals surface area contributed by atoms with Crippen LogP contribution < -0.4 is 0 Å². The molecular formula is C20H16ClN3O3S. The fourth-order valence-corrected chi connectivity index (χ4v) is 4.20. The first-order valence-electron chi connectivity index (χ1n) is 8.44. The van der Waals surface area contributed by atoms with Gasteiger partial charge in [0, 0.05) is 16.8 Å². The molecule has 0 aromatic heterocycles. The van der Waals surface area contributed by atoms with E-state index in [1.165, 1.54) is 17.0 Å². The van der Waals surface area contributed by atoms with E-state index in [0.29, 0.717) is 16.4 Å². The van der Waals surface area contributed by atoms with Crippen molar-refractivity contribution in [1.29, 1.82) is 0 Å². The number of hydrogen-bond donors (Lipinski definition) is 1. The Kier molecular flexibility index (Phi) is 4.45. The van der Waals surface area contributed by atoms with Gasteiger partial charge in [0.05, 0.1) is 4.90 Å². The van der Waals surface area contributed by atoms with Gasteiger partial charge in [-0.05, 0) is 43.3 Å². The van der Waals surface area contributed by atoms with E-state index in [0.717, 1.165) is 5.56 Å². The van der Waals surface area contributed by atoms with Crippen molar-refractivity contribution in [3.05, 3.63) is 89.1 Å². The number of aliphatic hydroxyl groups is 1. The van der Waals surface area contributed by atoms with E-state index < -0.39 is 15.7 Å². The van der Waals surface area contributed by atoms with Crippen LogP contribution in [0.2, 0.25) is 5.02 Å². The molecule has 1 atom stereocenters. The summed E-state index contributed by atoms with van der Waals surface area (Å²) < 4.78 is 29.6. The monoisotopic (exact) mass is 413 g/mol. The summed E-state index contributed by atoms with van der Waals surface area (Å²) in [6.45, 7) is 1.86. The van der Waals surface area contributed by atoms with Crippen LogP contribution in [0.3, 0.4) is 0 Å². The fourth-order valence-electron chi connectivity index (χ4n) is 3.03. The van der Waals surface area contributed by atoms with Gasteiger partial charge in [0.2, 0.25) is 11.6 Å². The van der Waals surface area contributed by atoms with Crippen molar-refractivity contribution in [2.45, 2.75) is 17.5 Å². The SMILES string of the molecule is Cc1ccc(S(=O)(=O)N=C2N=C3C=CC=CN3C2(O)c2cccc(Cl)c2)cc1. The number of allylic oxidation sites excluding steroid dienone is 2. The van der Waals surface area contributed by atoms with Gasteiger partial charge >= 0.3 is 0 Å². The minimum Gasteiger partial charge on any atom is -0.360 e. The van der Waals surface area contributed by atoms with E-state index in [4.69, 9.17) is 11.6 Å². The molecule has 2 aromatic carbocycles. The molecule has 0 spiro atoms. The highest BCUT2D eigenvalue weighted by atomic mass is 35.5. The molecule has 0 radical (unpaired) electrons. The Bertz CT molecular complexity index is 1170. The third kappa shape index (κ3) is 3.07. The summed E-state index contributed by atoms with van der Waals surface area (Å²) in [5.74, 6) is 0.129. The summed E-state index contributed by atoms with van der Waals surface area (Å²) in [4.78, 5) is 5.76. The third-order valence-corrected chi connectivity index (χ3v) is 5.99. The molecule has 2 aromatic rings. The number of halogens is 1. The zero-order valence-corrected chi connectivity index (χ0v) is 16.4. The van der Waals surface area contributed by atoms with Crippen LogP contribution in [0.25, 0.3) is 0 Å². The molecule has 0 saturated heterocycles. The Morgan fingerprint density at radius 1 is 1.14 bits per heavy atom. The van der Waals surface area contributed by atoms with Crippen molar-refractivity contribution < 1.29 is 13.5 Å². The van der Waals surface area contributed by atoms with Crippen LogP contribution in [0.15, 0.2) is 87.2 Å². The van der Waals surface area contributed by atoms with Crippen LogP contribution in [0.4, 0.5) is 0 Å². The van der Waals surface area contributed by atoms with Crippen molar-refractivity contribution in [1.82, 2.24) is 4.90 Å². The van der Waals surface area contributed by atoms with Gasteiger partial charge in [-0.25, -0.2) is 4.99 Å². The average Bonchev–Trinajstić information content (AvgIpc) is 2.95. The van der Waals surface area contributed by atoms with Gasteiger partial charge in [0.25, 0.3) is 10.0 Å². The first-order chi connectivity index (χ1) is 13.3. The van der Waals surface area contributed by atoms with Crippen LogP contribution in [0.5, 0.6) is 0 Å². The second kappa shape index (κ2) is 6.70. The molecule has 2 aliphatic heterocycles. The topological polar surface area (TPSA) is 82.3 Å². The van der Waals surface area contributed by atoms with Crippen molar-refractivity contribution in [2.24, 2.45) is 9.39 Å². The van der Waals surface area contributed by atoms with E-state index in [9.17, 15) is 13.5 Å². The second-order valence-electron chi connectivity index (χ2n) is 6.43. The van der Waals surface area contributed by atoms with Gasteiger partial charge in [-0.3, -0.25) is 4.90 Å². The molecule has 0 fully saturated rings. The van der Waals surface area contributed by atoms with E-state index in [2.05, 4.69) is 9.39 Å². The number of benzene rings is 2. The average molecular weight is 414 g/mol. The summed E-state index contributed by atoms with van der Waals surface area (Å²) in [6, 6.07) is 12.9. The minimum absolute atomic E-state index is 0.0233. The maximum Gasteiger partial charge on any atom is 0.284 e. The highest BCUT2D eigenvalue weighted by Crippen LogP contribution is 2.37. The number of aryl methyl sites for hydroxylation is 1. The van der Waals surface area contributed by atoms with E-state index >= 15 is 0 Å². The number of sulfonamides is 1. The quantitative estimate of drug-likeness (QED) is 0.836. The van der Waals surface area contributed by atoms with Gasteiger partial charge in [-0.1, -0.05) is 47.5 Å². The molecule has 1 N–H and O–H groups in total. The Hall–Kier alpha value is -2.74. The molecule has 142 valence electrons. The Morgan fingerprint density at radius 2 is 1.89 bits per heavy atom. The molecule has 0 amide bonds. The van der Waals surface area contributed by atoms with Crippen LogP contribution >= 0.6 is 11.6 Å². The summed E-state index contributed by atoms with van der Waals surface area (Å²) in [5.41, 5.74) is -0.619. The lowest BCUT2D eigenvalue weighted by atomic mass is 10.0. The fraction of sp³-hybridized carbons (Fsp3) is 0.100. The van der Waals surface area contributed by atoms with Gasteiger partial charge in [-0.15, -0.1) is 4.40 Å². The molecule has 4 rings (SSSR count). The van der Waals surface area contributed by atoms with E-state index in [1.807, 2.05) is 6.92 Å². The number of aliphatic imine (C=N–C) groups is 1. The molecule has 8 heteroatoms. The van der Waals surface area contributed by atoms with Gasteiger partial charge in [-0.2, -0.15) is 8.42 Å². The Balaban J connectivity index is 1.89. The molecule has 2 heterocycles. The number of fused-ring (bicyclic) bond motifs is 1. The minimum atomic E-state index is -4.08. The summed E-state index contributed by atoms with van der Waals surface area (Å²) in [5, 5.41) is 12.0. The summed E-state index contributed by atoms with van der Waals surface area (Å²) >= 11 is 6.09. The lowest BCUT2D eigenvalue weighted by molar-refractivity contribution is 0.0222. The first kappa shape index (κ1) is 18.6. The van der Waals surface area contributed by atoms with Crippen molar-refractivity contribution in [3.63, 3.8) is 0 Å². The van der Waals surface area contributed by atoms with E-state index in [-0.39, 0.29) is 10.7 Å². The van der Waals surface area contributed by atoms with Crippen molar-refractivity contribution in [2.75, 3.05) is 0 Å². The number of hydrogen-bond acceptors (Lipinski definition) is 4. The molecular weight excluding hydrogens is 398 g/mol. The van der Waals surface area contributed by atoms with Crippen LogP contribution in [0.1, 0.15) is 11.1 Å². The largest absolute Gasteiger partial charge is 0.360 e. The van der Waals surface area contributed by atoms with Crippen LogP contribution in [0, 0.1) is 6.92 Å². The third-order valence-electron chi connectivity index (χ3n) is 4.47. The summed E-state index contributed by atoms with van der Waals surface area (Å²) in [6.07, 6.45) is 6.73. The standard InChI is InChI=1S/C20H16ClN3O3S/c1-14-8-10-17(11-9-14)28(26,27)23-19-20(25,15-5-4-6-16(21)13-15)24-12-3-2-7-18(24)22-19/h2-13,25H,1H3. The molecule has 0 saturated carbocycles. The molecule has 6 nitrogen and oxygen atoms in total. The first-order valence-corrected chi connectivity index (χ1v) is 10.3. The smallest absolute Gasteiger partial charge is 0.284 e. The summed E-state index contributed by atoms with van der Waals surface area (Å²) in [7, 11) is -4.08. The maximum atomic E-state index is 12.8. The maximum absolute atomic E-state index is 12.8. The molecule has 28 heavy (non-hydrogen) atoms. The van der Waals surface area contributed by atoms with Crippen LogP contribution in [-0.4, -0.2) is 30.1 Å². The van der Waals surface area contributed by atoms with Crippen molar-refractivity contribution in [3.8, 4) is 0 Å². The second-order valence-corrected chi connectivity index (χ2v) is 8.47. The molecule has 1 unspecified atom stereocenters. The molecule has 2 aliphatic rings. The Labute approximate surface area is 167 Å². The number of amidine groups is 2. The molecule has 0 bridgehead atoms. The van der Waals surface area contributed by atoms with Crippen molar-refractivity contribution >= 4 is 33.3 Å². The zero-order valence-electron chi connectivity index (χ0n) is 14.8. The Morgan fingerprint density at radius 3 is 2.61 bits per heavy atom. The van der Waals surface area contributed by atoms with Crippen LogP contribution in [-0.2, 0) is 15.7 Å². The van der Waals surface area contributed by atoms with Gasteiger partial charge in [0.15, 0.2) is 0 Å². The predicted molar refractivity (Wildman–Crippen MR) is 109 cm³/mol. The molecule has 0 aliphatic carbocycles. The normalized spacial score (nSPS) is 22.5. The predicted octanol–water partition coefficient (Wildman–Crippen LogP) is 3.38. The number of rotatable bonds is 3. The lowest BCUT2D eigenvalue weighted by Crippen LogP contribution is -2.46. The zero-order chi connectivity index (χ0) is 19.9. The van der Waals surface area contributed by atoms with Gasteiger partial charge in [0.1, 0.15) is 5.84 Å². The lowest BCUT2D eigenvalue weighted by Gasteiger charge is -2.33. The highest BCUT2D eigenvalue weighted by molar-refractivity contribution is 7.90. The van der Waals surface area contributed by atoms with Gasteiger partial charge < -0.3 is 5.11 Å². The van der Waals surface area contributed by atoms with E-state index in [1.54, 1.807) is 60.8 Å². The highest BCUT2D eigenvalue weighted by Gasteiger charge is 2.48. The number of nitrogens with zero attached hydrogens (tertiary/aromatic N) is 3.